The number of nitrogens with zero attached hydrogens (tertiary/aromatic N) is 2. The van der Waals surface area contributed by atoms with Crippen LogP contribution >= 0.6 is 11.8 Å². The normalized spacial score (nSPS) is 12.0. The lowest BCUT2D eigenvalue weighted by Crippen LogP contribution is -2.18. The number of anilines is 2. The molecule has 1 aromatic heterocycles. The number of hydrogen-bond acceptors (Lipinski definition) is 6. The largest absolute Gasteiger partial charge is 0.384 e. The molecule has 25 heavy (non-hydrogen) atoms. The summed E-state index contributed by atoms with van der Waals surface area (Å²) in [5.41, 5.74) is 7.72. The van der Waals surface area contributed by atoms with E-state index in [4.69, 9.17) is 5.73 Å². The summed E-state index contributed by atoms with van der Waals surface area (Å²) in [7, 11) is 0. The van der Waals surface area contributed by atoms with Gasteiger partial charge < -0.3 is 11.1 Å². The fourth-order valence-electron chi connectivity index (χ4n) is 2.07. The van der Waals surface area contributed by atoms with Crippen LogP contribution < -0.4 is 11.1 Å². The lowest BCUT2D eigenvalue weighted by molar-refractivity contribution is -0.118. The number of benzene rings is 1. The van der Waals surface area contributed by atoms with Gasteiger partial charge in [-0.2, -0.15) is 0 Å². The monoisotopic (exact) mass is 358 g/mol. The molecule has 0 fully saturated rings. The smallest absolute Gasteiger partial charge is 0.226 e. The summed E-state index contributed by atoms with van der Waals surface area (Å²) in [6.45, 7) is 7.29. The number of amides is 1. The van der Waals surface area contributed by atoms with Crippen LogP contribution in [0.3, 0.4) is 0 Å². The lowest BCUT2D eigenvalue weighted by Gasteiger charge is -2.11. The van der Waals surface area contributed by atoms with Crippen molar-refractivity contribution in [2.24, 2.45) is 5.92 Å². The average Bonchev–Trinajstić information content (AvgIpc) is 2.53. The van der Waals surface area contributed by atoms with Crippen LogP contribution in [-0.2, 0) is 4.79 Å². The first-order chi connectivity index (χ1) is 11.8. The summed E-state index contributed by atoms with van der Waals surface area (Å²) in [6.07, 6.45) is 0. The molecule has 6 nitrogen and oxygen atoms in total. The maximum Gasteiger partial charge on any atom is 0.226 e. The number of hydrogen-bond donors (Lipinski definition) is 2. The standard InChI is InChI=1S/C18H22N4O2S/c1-10(2)17(24)21-14-7-5-13(6-8-14)16(23)12(4)25-18-20-11(3)9-15(19)22-18/h5-10,12H,1-4H3,(H,21,24)(H2,19,20,22). The summed E-state index contributed by atoms with van der Waals surface area (Å²) < 4.78 is 0. The van der Waals surface area contributed by atoms with Crippen molar-refractivity contribution >= 4 is 35.0 Å². The Labute approximate surface area is 151 Å². The third-order valence-corrected chi connectivity index (χ3v) is 4.43. The number of nitrogens with one attached hydrogen (secondary N) is 1. The fourth-order valence-corrected chi connectivity index (χ4v) is 2.98. The minimum Gasteiger partial charge on any atom is -0.384 e. The molecule has 1 atom stereocenters. The molecule has 0 saturated heterocycles. The summed E-state index contributed by atoms with van der Waals surface area (Å²) in [5, 5.41) is 2.94. The van der Waals surface area contributed by atoms with Gasteiger partial charge in [-0.15, -0.1) is 0 Å². The third-order valence-electron chi connectivity index (χ3n) is 3.47. The van der Waals surface area contributed by atoms with E-state index in [1.807, 2.05) is 27.7 Å². The van der Waals surface area contributed by atoms with Gasteiger partial charge >= 0.3 is 0 Å². The Morgan fingerprint density at radius 1 is 1.12 bits per heavy atom. The van der Waals surface area contributed by atoms with Crippen molar-refractivity contribution in [1.82, 2.24) is 9.97 Å². The van der Waals surface area contributed by atoms with Crippen LogP contribution in [-0.4, -0.2) is 26.9 Å². The zero-order chi connectivity index (χ0) is 18.6. The second-order valence-electron chi connectivity index (χ2n) is 6.06. The first-order valence-corrected chi connectivity index (χ1v) is 8.87. The van der Waals surface area contributed by atoms with Crippen LogP contribution in [0, 0.1) is 12.8 Å². The highest BCUT2D eigenvalue weighted by Crippen LogP contribution is 2.24. The maximum atomic E-state index is 12.6. The molecule has 1 aromatic carbocycles. The van der Waals surface area contributed by atoms with Gasteiger partial charge in [0.05, 0.1) is 5.25 Å². The Hall–Kier alpha value is -2.41. The van der Waals surface area contributed by atoms with E-state index in [1.54, 1.807) is 30.3 Å². The number of carbonyl (C=O) groups excluding carboxylic acids is 2. The van der Waals surface area contributed by atoms with E-state index in [-0.39, 0.29) is 22.9 Å². The molecule has 0 spiro atoms. The molecule has 0 aliphatic heterocycles. The van der Waals surface area contributed by atoms with Crippen molar-refractivity contribution < 1.29 is 9.59 Å². The Kier molecular flexibility index (Phi) is 6.14. The molecular formula is C18H22N4O2S. The van der Waals surface area contributed by atoms with Gasteiger partial charge in [-0.05, 0) is 38.1 Å². The molecule has 2 rings (SSSR count). The molecule has 0 bridgehead atoms. The molecule has 3 N–H and O–H groups in total. The molecule has 0 saturated carbocycles. The molecule has 0 radical (unpaired) electrons. The molecule has 0 aliphatic rings. The molecular weight excluding hydrogens is 336 g/mol. The quantitative estimate of drug-likeness (QED) is 0.467. The first-order valence-electron chi connectivity index (χ1n) is 7.99. The predicted octanol–water partition coefficient (Wildman–Crippen LogP) is 3.33. The van der Waals surface area contributed by atoms with Gasteiger partial charge in [0, 0.05) is 28.9 Å². The number of rotatable bonds is 6. The van der Waals surface area contributed by atoms with E-state index in [0.29, 0.717) is 22.2 Å². The number of Topliss-reactive ketones (excluding diaryl/α,β-unsaturated/α-hetero) is 1. The Morgan fingerprint density at radius 2 is 1.76 bits per heavy atom. The highest BCUT2D eigenvalue weighted by Gasteiger charge is 2.18. The zero-order valence-electron chi connectivity index (χ0n) is 14.7. The van der Waals surface area contributed by atoms with Crippen molar-refractivity contribution in [3.05, 3.63) is 41.6 Å². The second kappa shape index (κ2) is 8.11. The van der Waals surface area contributed by atoms with Gasteiger partial charge in [-0.3, -0.25) is 9.59 Å². The Balaban J connectivity index is 2.05. The molecule has 1 amide bonds. The van der Waals surface area contributed by atoms with Crippen molar-refractivity contribution in [1.29, 1.82) is 0 Å². The van der Waals surface area contributed by atoms with Crippen molar-refractivity contribution in [3.63, 3.8) is 0 Å². The van der Waals surface area contributed by atoms with E-state index < -0.39 is 0 Å². The van der Waals surface area contributed by atoms with Crippen LogP contribution in [0.4, 0.5) is 11.5 Å². The molecule has 132 valence electrons. The highest BCUT2D eigenvalue weighted by atomic mass is 32.2. The van der Waals surface area contributed by atoms with E-state index in [1.165, 1.54) is 11.8 Å². The number of nitrogen functional groups attached to an aromatic ring is 1. The highest BCUT2D eigenvalue weighted by molar-refractivity contribution is 8.00. The maximum absolute atomic E-state index is 12.6. The molecule has 7 heteroatoms. The van der Waals surface area contributed by atoms with E-state index in [2.05, 4.69) is 15.3 Å². The van der Waals surface area contributed by atoms with Crippen LogP contribution in [0.15, 0.2) is 35.5 Å². The zero-order valence-corrected chi connectivity index (χ0v) is 15.6. The summed E-state index contributed by atoms with van der Waals surface area (Å²) in [6, 6.07) is 8.56. The van der Waals surface area contributed by atoms with Gasteiger partial charge in [-0.1, -0.05) is 25.6 Å². The number of thioether (sulfide) groups is 1. The number of ketones is 1. The number of nitrogens with two attached hydrogens (primary N) is 1. The van der Waals surface area contributed by atoms with Crippen LogP contribution in [0.2, 0.25) is 0 Å². The van der Waals surface area contributed by atoms with Crippen LogP contribution in [0.5, 0.6) is 0 Å². The van der Waals surface area contributed by atoms with Crippen LogP contribution in [0.25, 0.3) is 0 Å². The summed E-state index contributed by atoms with van der Waals surface area (Å²) >= 11 is 1.27. The van der Waals surface area contributed by atoms with Crippen molar-refractivity contribution in [3.8, 4) is 0 Å². The molecule has 0 aliphatic carbocycles. The van der Waals surface area contributed by atoms with Crippen LogP contribution in [0.1, 0.15) is 36.8 Å². The van der Waals surface area contributed by atoms with E-state index >= 15 is 0 Å². The SMILES string of the molecule is Cc1cc(N)nc(SC(C)C(=O)c2ccc(NC(=O)C(C)C)cc2)n1. The van der Waals surface area contributed by atoms with Crippen molar-refractivity contribution in [2.45, 2.75) is 38.1 Å². The average molecular weight is 358 g/mol. The van der Waals surface area contributed by atoms with Gasteiger partial charge in [0.2, 0.25) is 5.91 Å². The van der Waals surface area contributed by atoms with Gasteiger partial charge in [0.25, 0.3) is 0 Å². The number of aryl methyl sites for hydroxylation is 1. The molecule has 1 heterocycles. The topological polar surface area (TPSA) is 98.0 Å². The van der Waals surface area contributed by atoms with Gasteiger partial charge in [0.1, 0.15) is 5.82 Å². The van der Waals surface area contributed by atoms with Gasteiger partial charge in [0.15, 0.2) is 10.9 Å². The van der Waals surface area contributed by atoms with E-state index in [0.717, 1.165) is 5.69 Å². The molecule has 1 unspecified atom stereocenters. The third kappa shape index (κ3) is 5.29. The Morgan fingerprint density at radius 3 is 2.32 bits per heavy atom. The minimum atomic E-state index is -0.350. The predicted molar refractivity (Wildman–Crippen MR) is 101 cm³/mol. The second-order valence-corrected chi connectivity index (χ2v) is 7.37. The van der Waals surface area contributed by atoms with E-state index in [9.17, 15) is 9.59 Å². The Bertz CT molecular complexity index is 755. The van der Waals surface area contributed by atoms with Gasteiger partial charge in [-0.25, -0.2) is 9.97 Å². The fraction of sp³-hybridized carbons (Fsp3) is 0.333. The minimum absolute atomic E-state index is 0.0320. The lowest BCUT2D eigenvalue weighted by atomic mass is 10.1. The first kappa shape index (κ1) is 18.9. The van der Waals surface area contributed by atoms with Crippen molar-refractivity contribution in [2.75, 3.05) is 11.1 Å². The molecule has 2 aromatic rings. The summed E-state index contributed by atoms with van der Waals surface area (Å²) in [4.78, 5) is 32.7. The summed E-state index contributed by atoms with van der Waals surface area (Å²) in [5.74, 6) is 0.201. The number of carbonyl (C=O) groups is 2. The number of aromatic nitrogens is 2.